The van der Waals surface area contributed by atoms with Crippen LogP contribution in [0.5, 0.6) is 0 Å². The Kier molecular flexibility index (Phi) is 4.99. The minimum absolute atomic E-state index is 0.0833. The first-order valence-corrected chi connectivity index (χ1v) is 6.87. The van der Waals surface area contributed by atoms with Crippen molar-refractivity contribution in [3.63, 3.8) is 0 Å². The van der Waals surface area contributed by atoms with Crippen LogP contribution >= 0.6 is 11.6 Å². The topological polar surface area (TPSA) is 60.4 Å². The third-order valence-corrected chi connectivity index (χ3v) is 3.04. The maximum absolute atomic E-state index is 11.9. The molecular weight excluding hydrogens is 262 g/mol. The molecule has 1 aromatic carbocycles. The fraction of sp³-hybridized carbons (Fsp3) is 0.273. The van der Waals surface area contributed by atoms with Gasteiger partial charge in [0.05, 0.1) is 11.9 Å². The molecule has 4 nitrogen and oxygen atoms in total. The number of Topliss-reactive ketones (excluding diaryl/α,β-unsaturated/α-hetero) is 1. The van der Waals surface area contributed by atoms with Crippen LogP contribution in [0.1, 0.15) is 10.4 Å². The van der Waals surface area contributed by atoms with Crippen LogP contribution in [-0.2, 0) is 16.0 Å². The van der Waals surface area contributed by atoms with Gasteiger partial charge in [0.1, 0.15) is 0 Å². The Morgan fingerprint density at radius 2 is 2.24 bits per heavy atom. The van der Waals surface area contributed by atoms with Gasteiger partial charge in [-0.15, -0.1) is 0 Å². The number of carbonyl (C=O) groups excluding carboxylic acids is 2. The van der Waals surface area contributed by atoms with Gasteiger partial charge in [-0.05, 0) is 29.4 Å². The average molecular weight is 274 g/mol. The minimum atomic E-state index is -1.23. The zero-order chi connectivity index (χ0) is 13.0. The molecule has 1 amide bonds. The molecule has 1 unspecified atom stereocenters. The van der Waals surface area contributed by atoms with Crippen LogP contribution in [0.25, 0.3) is 0 Å². The van der Waals surface area contributed by atoms with Gasteiger partial charge < -0.3 is 9.45 Å². The summed E-state index contributed by atoms with van der Waals surface area (Å²) in [5.74, 6) is -0.378. The maximum atomic E-state index is 11.9. The van der Waals surface area contributed by atoms with Crippen molar-refractivity contribution in [1.82, 2.24) is 0 Å². The predicted molar refractivity (Wildman–Crippen MR) is 69.2 cm³/mol. The van der Waals surface area contributed by atoms with E-state index < -0.39 is 11.2 Å². The highest BCUT2D eigenvalue weighted by Crippen LogP contribution is 2.23. The molecule has 0 aromatic heterocycles. The van der Waals surface area contributed by atoms with E-state index in [1.54, 1.807) is 12.1 Å². The first kappa shape index (κ1) is 14.0. The van der Waals surface area contributed by atoms with Crippen LogP contribution in [0.4, 0.5) is 5.69 Å². The Balaban J connectivity index is 3.15. The van der Waals surface area contributed by atoms with Gasteiger partial charge in [0, 0.05) is 17.6 Å². The minimum Gasteiger partial charge on any atom is -0.616 e. The van der Waals surface area contributed by atoms with Crippen LogP contribution in [0.2, 0.25) is 5.02 Å². The lowest BCUT2D eigenvalue weighted by atomic mass is 10.1. The van der Waals surface area contributed by atoms with Crippen LogP contribution in [0.3, 0.4) is 0 Å². The van der Waals surface area contributed by atoms with E-state index in [2.05, 4.69) is 0 Å². The molecule has 0 heterocycles. The monoisotopic (exact) mass is 273 g/mol. The highest BCUT2D eigenvalue weighted by atomic mass is 35.5. The molecule has 0 spiro atoms. The van der Waals surface area contributed by atoms with Crippen LogP contribution in [-0.4, -0.2) is 35.8 Å². The van der Waals surface area contributed by atoms with Crippen molar-refractivity contribution in [2.75, 3.05) is 24.0 Å². The molecule has 0 bridgehead atoms. The van der Waals surface area contributed by atoms with E-state index in [0.29, 0.717) is 22.7 Å². The number of benzene rings is 1. The fourth-order valence-corrected chi connectivity index (χ4v) is 2.06. The standard InChI is InChI=1S/C11H12ClNO3S/c1-13(7-14)10-4-3-8(12)5-9(10)11(15)6-17(2)16/h3-5,7H,6H2,1-2H3. The number of rotatable bonds is 5. The quantitative estimate of drug-likeness (QED) is 0.464. The molecule has 17 heavy (non-hydrogen) atoms. The lowest BCUT2D eigenvalue weighted by molar-refractivity contribution is -0.107. The highest BCUT2D eigenvalue weighted by Gasteiger charge is 2.18. The van der Waals surface area contributed by atoms with E-state index >= 15 is 0 Å². The Hall–Kier alpha value is -1.04. The van der Waals surface area contributed by atoms with E-state index in [1.165, 1.54) is 24.3 Å². The zero-order valence-electron chi connectivity index (χ0n) is 9.47. The third-order valence-electron chi connectivity index (χ3n) is 2.13. The van der Waals surface area contributed by atoms with Gasteiger partial charge in [-0.1, -0.05) is 11.6 Å². The molecule has 0 aliphatic rings. The van der Waals surface area contributed by atoms with E-state index in [4.69, 9.17) is 11.6 Å². The van der Waals surface area contributed by atoms with E-state index in [9.17, 15) is 14.1 Å². The SMILES string of the molecule is CN(C=O)c1ccc(Cl)cc1C(=O)C[S+](C)[O-]. The van der Waals surface area contributed by atoms with Gasteiger partial charge in [0.2, 0.25) is 12.2 Å². The van der Waals surface area contributed by atoms with Crippen molar-refractivity contribution in [3.05, 3.63) is 28.8 Å². The summed E-state index contributed by atoms with van der Waals surface area (Å²) in [7, 11) is 1.54. The Labute approximate surface area is 108 Å². The number of ketones is 1. The van der Waals surface area contributed by atoms with Crippen LogP contribution in [0, 0.1) is 0 Å². The summed E-state index contributed by atoms with van der Waals surface area (Å²) in [6, 6.07) is 4.66. The molecule has 1 atom stereocenters. The Bertz CT molecular complexity index is 437. The number of hydrogen-bond acceptors (Lipinski definition) is 3. The number of anilines is 1. The third kappa shape index (κ3) is 3.73. The summed E-state index contributed by atoms with van der Waals surface area (Å²) in [6.45, 7) is 0. The normalized spacial score (nSPS) is 12.0. The molecule has 0 saturated heterocycles. The lowest BCUT2D eigenvalue weighted by Gasteiger charge is -2.15. The molecular formula is C11H12ClNO3S. The second-order valence-electron chi connectivity index (χ2n) is 3.52. The second-order valence-corrected chi connectivity index (χ2v) is 5.39. The van der Waals surface area contributed by atoms with Gasteiger partial charge in [-0.2, -0.15) is 0 Å². The van der Waals surface area contributed by atoms with Crippen molar-refractivity contribution in [1.29, 1.82) is 0 Å². The smallest absolute Gasteiger partial charge is 0.214 e. The summed E-state index contributed by atoms with van der Waals surface area (Å²) in [4.78, 5) is 23.8. The molecule has 0 fully saturated rings. The predicted octanol–water partition coefficient (Wildman–Crippen LogP) is 1.49. The summed E-state index contributed by atoms with van der Waals surface area (Å²) < 4.78 is 11.0. The number of carbonyl (C=O) groups is 2. The van der Waals surface area contributed by atoms with Gasteiger partial charge in [0.15, 0.2) is 5.75 Å². The molecule has 0 radical (unpaired) electrons. The number of nitrogens with zero attached hydrogens (tertiary/aromatic N) is 1. The maximum Gasteiger partial charge on any atom is 0.214 e. The van der Waals surface area contributed by atoms with Crippen LogP contribution in [0.15, 0.2) is 18.2 Å². The van der Waals surface area contributed by atoms with Crippen molar-refractivity contribution in [2.24, 2.45) is 0 Å². The summed E-state index contributed by atoms with van der Waals surface area (Å²) in [5.41, 5.74) is 0.766. The second kappa shape index (κ2) is 6.05. The Morgan fingerprint density at radius 1 is 1.59 bits per heavy atom. The highest BCUT2D eigenvalue weighted by molar-refractivity contribution is 7.91. The molecule has 0 N–H and O–H groups in total. The van der Waals surface area contributed by atoms with Crippen molar-refractivity contribution in [2.45, 2.75) is 0 Å². The summed E-state index contributed by atoms with van der Waals surface area (Å²) >= 11 is 4.58. The average Bonchev–Trinajstić information content (AvgIpc) is 2.27. The first-order chi connectivity index (χ1) is 7.95. The van der Waals surface area contributed by atoms with E-state index in [0.717, 1.165) is 0 Å². The molecule has 1 rings (SSSR count). The van der Waals surface area contributed by atoms with Crippen LogP contribution < -0.4 is 4.90 Å². The van der Waals surface area contributed by atoms with Crippen molar-refractivity contribution >= 4 is 40.7 Å². The van der Waals surface area contributed by atoms with E-state index in [1.807, 2.05) is 0 Å². The molecule has 0 saturated carbocycles. The molecule has 6 heteroatoms. The summed E-state index contributed by atoms with van der Waals surface area (Å²) in [5, 5.41) is 0.401. The van der Waals surface area contributed by atoms with E-state index in [-0.39, 0.29) is 11.5 Å². The molecule has 1 aromatic rings. The molecule has 0 aliphatic heterocycles. The van der Waals surface area contributed by atoms with Gasteiger partial charge in [0.25, 0.3) is 0 Å². The summed E-state index contributed by atoms with van der Waals surface area (Å²) in [6.07, 6.45) is 2.05. The molecule has 0 aliphatic carbocycles. The zero-order valence-corrected chi connectivity index (χ0v) is 11.0. The van der Waals surface area contributed by atoms with Crippen molar-refractivity contribution < 1.29 is 14.1 Å². The first-order valence-electron chi connectivity index (χ1n) is 4.76. The molecule has 92 valence electrons. The lowest BCUT2D eigenvalue weighted by Crippen LogP contribution is -2.21. The van der Waals surface area contributed by atoms with Gasteiger partial charge in [-0.25, -0.2) is 0 Å². The number of halogens is 1. The Morgan fingerprint density at radius 3 is 2.76 bits per heavy atom. The number of hydrogen-bond donors (Lipinski definition) is 0. The van der Waals surface area contributed by atoms with Gasteiger partial charge >= 0.3 is 0 Å². The largest absolute Gasteiger partial charge is 0.616 e. The van der Waals surface area contributed by atoms with Crippen molar-refractivity contribution in [3.8, 4) is 0 Å². The number of amides is 1. The fourth-order valence-electron chi connectivity index (χ4n) is 1.36. The van der Waals surface area contributed by atoms with Gasteiger partial charge in [-0.3, -0.25) is 9.59 Å².